The molecule has 1 N–H and O–H groups in total. The third kappa shape index (κ3) is 10.5. The quantitative estimate of drug-likeness (QED) is 0.625. The summed E-state index contributed by atoms with van der Waals surface area (Å²) in [5, 5.41) is 9.18. The van der Waals surface area contributed by atoms with Crippen molar-refractivity contribution in [3.8, 4) is 0 Å². The molecule has 3 nitrogen and oxygen atoms in total. The fourth-order valence-electron chi connectivity index (χ4n) is 3.10. The monoisotopic (exact) mass is 352 g/mol. The lowest BCUT2D eigenvalue weighted by atomic mass is 10.5. The van der Waals surface area contributed by atoms with Gasteiger partial charge in [0.05, 0.1) is 0 Å². The Labute approximate surface area is 130 Å². The van der Waals surface area contributed by atoms with Crippen molar-refractivity contribution >= 4 is 33.3 Å². The zero-order chi connectivity index (χ0) is 16.2. The number of rotatable bonds is 9. The highest BCUT2D eigenvalue weighted by Gasteiger charge is 2.42. The second kappa shape index (κ2) is 7.34. The van der Waals surface area contributed by atoms with Crippen molar-refractivity contribution in [2.75, 3.05) is 6.61 Å². The lowest BCUT2D eigenvalue weighted by Crippen LogP contribution is -2.54. The van der Waals surface area contributed by atoms with Gasteiger partial charge in [0.2, 0.25) is 0 Å². The van der Waals surface area contributed by atoms with Crippen LogP contribution < -0.4 is 0 Å². The van der Waals surface area contributed by atoms with Crippen LogP contribution in [0.1, 0.15) is 6.42 Å². The van der Waals surface area contributed by atoms with Gasteiger partial charge in [-0.3, -0.25) is 0 Å². The van der Waals surface area contributed by atoms with Gasteiger partial charge in [0, 0.05) is 14.7 Å². The second-order valence-electron chi connectivity index (χ2n) is 8.73. The Balaban J connectivity index is 4.96. The predicted molar refractivity (Wildman–Crippen MR) is 99.3 cm³/mol. The predicted octanol–water partition coefficient (Wildman–Crippen LogP) is 4.39. The van der Waals surface area contributed by atoms with E-state index in [9.17, 15) is 5.11 Å². The minimum absolute atomic E-state index is 0.272. The van der Waals surface area contributed by atoms with E-state index in [1.807, 2.05) is 0 Å². The first kappa shape index (κ1) is 20.7. The molecule has 122 valence electrons. The summed E-state index contributed by atoms with van der Waals surface area (Å²) < 4.78 is 13.1. The van der Waals surface area contributed by atoms with Crippen molar-refractivity contribution in [3.63, 3.8) is 0 Å². The van der Waals surface area contributed by atoms with E-state index >= 15 is 0 Å². The molecule has 7 heteroatoms. The summed E-state index contributed by atoms with van der Waals surface area (Å²) in [6.07, 6.45) is 0.866. The van der Waals surface area contributed by atoms with Crippen LogP contribution in [0.5, 0.6) is 0 Å². The van der Waals surface area contributed by atoms with Gasteiger partial charge < -0.3 is 13.3 Å². The van der Waals surface area contributed by atoms with E-state index in [-0.39, 0.29) is 6.61 Å². The maximum atomic E-state index is 9.18. The molecule has 0 heterocycles. The Bertz CT molecular complexity index is 297. The van der Waals surface area contributed by atoms with Gasteiger partial charge in [-0.1, -0.05) is 19.6 Å². The van der Waals surface area contributed by atoms with Gasteiger partial charge in [-0.05, 0) is 57.4 Å². The largest absolute Gasteiger partial charge is 0.437 e. The highest BCUT2D eigenvalue weighted by atomic mass is 28.5. The van der Waals surface area contributed by atoms with E-state index in [2.05, 4.69) is 58.9 Å². The van der Waals surface area contributed by atoms with Crippen molar-refractivity contribution in [1.82, 2.24) is 0 Å². The molecule has 0 aromatic rings. The summed E-state index contributed by atoms with van der Waals surface area (Å²) >= 11 is 0. The van der Waals surface area contributed by atoms with Crippen LogP contribution in [0.3, 0.4) is 0 Å². The number of hydrogen-bond acceptors (Lipinski definition) is 3. The summed E-state index contributed by atoms with van der Waals surface area (Å²) in [5.74, 6) is 0. The second-order valence-corrected chi connectivity index (χ2v) is 27.3. The summed E-state index contributed by atoms with van der Waals surface area (Å²) in [6, 6.07) is 1.05. The summed E-state index contributed by atoms with van der Waals surface area (Å²) in [6.45, 7) is 20.9. The van der Waals surface area contributed by atoms with E-state index in [1.165, 1.54) is 5.67 Å². The Morgan fingerprint density at radius 2 is 1.30 bits per heavy atom. The molecule has 0 saturated heterocycles. The molecule has 0 aliphatic heterocycles. The molecule has 0 saturated carbocycles. The minimum atomic E-state index is -2.06. The van der Waals surface area contributed by atoms with Gasteiger partial charge in [-0.2, -0.15) is 0 Å². The van der Waals surface area contributed by atoms with Gasteiger partial charge in [-0.15, -0.1) is 0 Å². The van der Waals surface area contributed by atoms with E-state index in [0.29, 0.717) is 0 Å². The molecule has 0 amide bonds. The molecule has 0 fully saturated rings. The lowest BCUT2D eigenvalue weighted by Gasteiger charge is -2.41. The van der Waals surface area contributed by atoms with Gasteiger partial charge in [0.1, 0.15) is 0 Å². The molecule has 0 aliphatic carbocycles. The molecule has 20 heavy (non-hydrogen) atoms. The van der Waals surface area contributed by atoms with Crippen LogP contribution in [0.2, 0.25) is 70.6 Å². The van der Waals surface area contributed by atoms with Gasteiger partial charge >= 0.3 is 8.56 Å². The minimum Gasteiger partial charge on any atom is -0.437 e. The molecular formula is C13H36O3Si4. The number of hydrogen-bond donors (Lipinski definition) is 1. The van der Waals surface area contributed by atoms with Crippen molar-refractivity contribution in [2.24, 2.45) is 0 Å². The first-order chi connectivity index (χ1) is 8.68. The Morgan fingerprint density at radius 1 is 0.800 bits per heavy atom. The third-order valence-corrected chi connectivity index (χ3v) is 19.8. The van der Waals surface area contributed by atoms with Crippen molar-refractivity contribution in [3.05, 3.63) is 0 Å². The van der Waals surface area contributed by atoms with Gasteiger partial charge in [0.15, 0.2) is 16.6 Å². The van der Waals surface area contributed by atoms with Crippen LogP contribution >= 0.6 is 0 Å². The van der Waals surface area contributed by atoms with Gasteiger partial charge in [0.25, 0.3) is 0 Å². The fraction of sp³-hybridized carbons (Fsp3) is 1.00. The number of aliphatic hydroxyl groups is 1. The Morgan fingerprint density at radius 3 is 1.65 bits per heavy atom. The first-order valence-electron chi connectivity index (χ1n) is 7.69. The Kier molecular flexibility index (Phi) is 7.62. The highest BCUT2D eigenvalue weighted by molar-refractivity contribution is 6.96. The van der Waals surface area contributed by atoms with Crippen LogP contribution in [-0.2, 0) is 8.23 Å². The molecule has 1 unspecified atom stereocenters. The zero-order valence-corrected chi connectivity index (χ0v) is 19.1. The highest BCUT2D eigenvalue weighted by Crippen LogP contribution is 2.30. The topological polar surface area (TPSA) is 38.7 Å². The lowest BCUT2D eigenvalue weighted by molar-refractivity contribution is 0.291. The zero-order valence-electron chi connectivity index (χ0n) is 15.1. The van der Waals surface area contributed by atoms with E-state index in [0.717, 1.165) is 12.5 Å². The standard InChI is InChI=1S/C13H36O3Si4/c1-17(2,3)13-20(9,12-10-11-14)16-19(7,8)15-18(4,5)6/h14H,10-13H2,1-9H3. The normalized spacial score (nSPS) is 17.1. The average molecular weight is 353 g/mol. The molecular weight excluding hydrogens is 316 g/mol. The van der Waals surface area contributed by atoms with Crippen molar-refractivity contribution in [2.45, 2.75) is 77.1 Å². The van der Waals surface area contributed by atoms with Gasteiger partial charge in [-0.25, -0.2) is 0 Å². The van der Waals surface area contributed by atoms with Crippen LogP contribution in [0.25, 0.3) is 0 Å². The molecule has 0 spiro atoms. The van der Waals surface area contributed by atoms with E-state index < -0.39 is 33.3 Å². The SMILES string of the molecule is C[Si](C)(C)C[Si](C)(CCCO)O[Si](C)(C)O[Si](C)(C)C. The fourth-order valence-corrected chi connectivity index (χ4v) is 26.2. The smallest absolute Gasteiger partial charge is 0.311 e. The van der Waals surface area contributed by atoms with Crippen molar-refractivity contribution < 1.29 is 13.3 Å². The molecule has 0 aromatic heterocycles. The maximum Gasteiger partial charge on any atom is 0.311 e. The van der Waals surface area contributed by atoms with Crippen LogP contribution in [0.4, 0.5) is 0 Å². The summed E-state index contributed by atoms with van der Waals surface area (Å²) in [7, 11) is -6.57. The molecule has 1 atom stereocenters. The summed E-state index contributed by atoms with van der Waals surface area (Å²) in [5.41, 5.74) is 1.26. The van der Waals surface area contributed by atoms with Crippen molar-refractivity contribution in [1.29, 1.82) is 0 Å². The summed E-state index contributed by atoms with van der Waals surface area (Å²) in [4.78, 5) is 0. The number of aliphatic hydroxyl groups excluding tert-OH is 1. The van der Waals surface area contributed by atoms with Crippen LogP contribution in [0, 0.1) is 0 Å². The van der Waals surface area contributed by atoms with E-state index in [4.69, 9.17) is 8.23 Å². The molecule has 0 rings (SSSR count). The average Bonchev–Trinajstić information content (AvgIpc) is 2.05. The molecule has 0 radical (unpaired) electrons. The molecule has 0 aliphatic rings. The molecule has 0 bridgehead atoms. The van der Waals surface area contributed by atoms with E-state index in [1.54, 1.807) is 0 Å². The van der Waals surface area contributed by atoms with Crippen LogP contribution in [0.15, 0.2) is 0 Å². The third-order valence-electron chi connectivity index (χ3n) is 2.81. The maximum absolute atomic E-state index is 9.18. The first-order valence-corrected chi connectivity index (χ1v) is 20.4. The Hall–Kier alpha value is 0.748. The molecule has 0 aromatic carbocycles. The van der Waals surface area contributed by atoms with Crippen LogP contribution in [-0.4, -0.2) is 45.0 Å².